The molecule has 27 heavy (non-hydrogen) atoms. The lowest BCUT2D eigenvalue weighted by Crippen LogP contribution is -2.46. The van der Waals surface area contributed by atoms with E-state index in [1.165, 1.54) is 6.08 Å². The van der Waals surface area contributed by atoms with Crippen molar-refractivity contribution >= 4 is 16.2 Å². The van der Waals surface area contributed by atoms with Crippen LogP contribution in [0.1, 0.15) is 33.3 Å². The van der Waals surface area contributed by atoms with Crippen molar-refractivity contribution in [2.75, 3.05) is 6.54 Å². The molecule has 1 aliphatic heterocycles. The Kier molecular flexibility index (Phi) is 5.26. The summed E-state index contributed by atoms with van der Waals surface area (Å²) in [5, 5.41) is 0. The highest BCUT2D eigenvalue weighted by Gasteiger charge is 2.51. The van der Waals surface area contributed by atoms with Gasteiger partial charge in [0, 0.05) is 0 Å². The average molecular weight is 407 g/mol. The second kappa shape index (κ2) is 6.74. The Bertz CT molecular complexity index is 844. The Morgan fingerprint density at radius 3 is 2.19 bits per heavy atom. The van der Waals surface area contributed by atoms with E-state index < -0.39 is 45.2 Å². The van der Waals surface area contributed by atoms with Crippen LogP contribution in [0.25, 0.3) is 0 Å². The molecular formula is C17H20F3NO5S. The Balaban J connectivity index is 2.43. The van der Waals surface area contributed by atoms with Gasteiger partial charge in [-0.2, -0.15) is 21.6 Å². The molecule has 0 saturated carbocycles. The lowest BCUT2D eigenvalue weighted by atomic mass is 9.92. The van der Waals surface area contributed by atoms with Crippen molar-refractivity contribution in [2.45, 2.75) is 44.3 Å². The van der Waals surface area contributed by atoms with E-state index in [0.29, 0.717) is 5.56 Å². The fraction of sp³-hybridized carbons (Fsp3) is 0.471. The van der Waals surface area contributed by atoms with Gasteiger partial charge in [-0.3, -0.25) is 4.90 Å². The monoisotopic (exact) mass is 407 g/mol. The summed E-state index contributed by atoms with van der Waals surface area (Å²) in [6, 6.07) is 8.43. The van der Waals surface area contributed by atoms with E-state index in [-0.39, 0.29) is 0 Å². The van der Waals surface area contributed by atoms with Gasteiger partial charge in [-0.05, 0) is 39.3 Å². The minimum atomic E-state index is -5.84. The SMILES string of the molecule is CC(C)(C)OC(=O)N1CC(OS(=O)(=O)C(F)(F)F)=CC1(C)c1ccccc1. The van der Waals surface area contributed by atoms with Crippen molar-refractivity contribution in [2.24, 2.45) is 0 Å². The fourth-order valence-corrected chi connectivity index (χ4v) is 3.06. The number of hydrogen-bond acceptors (Lipinski definition) is 5. The second-order valence-corrected chi connectivity index (χ2v) is 8.71. The molecule has 0 fully saturated rings. The van der Waals surface area contributed by atoms with Crippen molar-refractivity contribution in [3.05, 3.63) is 47.7 Å². The third-order valence-corrected chi connectivity index (χ3v) is 4.79. The standard InChI is InChI=1S/C17H20F3NO5S/c1-15(2,3)25-14(22)21-11-13(26-27(23,24)17(18,19)20)10-16(21,4)12-8-6-5-7-9-12/h5-10H,11H2,1-4H3. The largest absolute Gasteiger partial charge is 0.534 e. The van der Waals surface area contributed by atoms with Crippen LogP contribution in [0.3, 0.4) is 0 Å². The molecule has 1 heterocycles. The Hall–Kier alpha value is -2.23. The number of carbonyl (C=O) groups is 1. The van der Waals surface area contributed by atoms with Crippen molar-refractivity contribution in [1.29, 1.82) is 0 Å². The van der Waals surface area contributed by atoms with Gasteiger partial charge in [0.25, 0.3) is 0 Å². The van der Waals surface area contributed by atoms with Crippen molar-refractivity contribution in [1.82, 2.24) is 4.90 Å². The molecule has 10 heteroatoms. The van der Waals surface area contributed by atoms with Crippen molar-refractivity contribution in [3.8, 4) is 0 Å². The number of alkyl halides is 3. The van der Waals surface area contributed by atoms with E-state index in [1.807, 2.05) is 0 Å². The molecule has 0 aliphatic carbocycles. The molecule has 1 atom stereocenters. The predicted molar refractivity (Wildman–Crippen MR) is 90.9 cm³/mol. The molecule has 1 amide bonds. The zero-order valence-electron chi connectivity index (χ0n) is 15.2. The van der Waals surface area contributed by atoms with E-state index >= 15 is 0 Å². The number of nitrogens with zero attached hydrogens (tertiary/aromatic N) is 1. The lowest BCUT2D eigenvalue weighted by Gasteiger charge is -2.35. The Morgan fingerprint density at radius 2 is 1.70 bits per heavy atom. The maximum atomic E-state index is 12.6. The molecule has 1 aromatic carbocycles. The van der Waals surface area contributed by atoms with Crippen LogP contribution in [-0.2, 0) is 24.6 Å². The summed E-state index contributed by atoms with van der Waals surface area (Å²) in [5.41, 5.74) is -7.12. The molecule has 0 bridgehead atoms. The third-order valence-electron chi connectivity index (χ3n) is 3.79. The number of amides is 1. The van der Waals surface area contributed by atoms with Gasteiger partial charge in [-0.25, -0.2) is 4.79 Å². The first-order chi connectivity index (χ1) is 12.2. The number of benzene rings is 1. The summed E-state index contributed by atoms with van der Waals surface area (Å²) in [6.45, 7) is 5.98. The molecule has 0 saturated heterocycles. The molecule has 0 N–H and O–H groups in total. The third kappa shape index (κ3) is 4.55. The van der Waals surface area contributed by atoms with Crippen molar-refractivity contribution in [3.63, 3.8) is 0 Å². The summed E-state index contributed by atoms with van der Waals surface area (Å²) in [5.74, 6) is -0.510. The van der Waals surface area contributed by atoms with Gasteiger partial charge >= 0.3 is 21.7 Å². The predicted octanol–water partition coefficient (Wildman–Crippen LogP) is 3.90. The first kappa shape index (κ1) is 21.1. The zero-order valence-corrected chi connectivity index (χ0v) is 16.0. The number of carbonyl (C=O) groups excluding carboxylic acids is 1. The molecule has 150 valence electrons. The van der Waals surface area contributed by atoms with E-state index in [1.54, 1.807) is 58.0 Å². The first-order valence-electron chi connectivity index (χ1n) is 7.94. The molecule has 6 nitrogen and oxygen atoms in total. The van der Waals surface area contributed by atoms with Gasteiger partial charge in [0.15, 0.2) is 0 Å². The smallest absolute Gasteiger partial charge is 0.444 e. The average Bonchev–Trinajstić information content (AvgIpc) is 2.82. The minimum absolute atomic E-state index is 0.490. The van der Waals surface area contributed by atoms with Gasteiger partial charge < -0.3 is 8.92 Å². The van der Waals surface area contributed by atoms with Crippen LogP contribution in [0, 0.1) is 0 Å². The Morgan fingerprint density at radius 1 is 1.15 bits per heavy atom. The van der Waals surface area contributed by atoms with E-state index in [9.17, 15) is 26.4 Å². The molecule has 1 aromatic rings. The summed E-state index contributed by atoms with van der Waals surface area (Å²) in [6.07, 6.45) is 0.364. The van der Waals surface area contributed by atoms with E-state index in [2.05, 4.69) is 4.18 Å². The van der Waals surface area contributed by atoms with Gasteiger partial charge in [0.2, 0.25) is 0 Å². The van der Waals surface area contributed by atoms with Crippen LogP contribution in [0.4, 0.5) is 18.0 Å². The number of hydrogen-bond donors (Lipinski definition) is 0. The van der Waals surface area contributed by atoms with Crippen LogP contribution in [0.2, 0.25) is 0 Å². The quantitative estimate of drug-likeness (QED) is 0.561. The molecule has 2 rings (SSSR count). The van der Waals surface area contributed by atoms with Gasteiger partial charge in [-0.1, -0.05) is 30.3 Å². The molecule has 0 radical (unpaired) electrons. The summed E-state index contributed by atoms with van der Waals surface area (Å²) in [7, 11) is -5.84. The second-order valence-electron chi connectivity index (χ2n) is 7.17. The molecule has 1 aliphatic rings. The highest BCUT2D eigenvalue weighted by molar-refractivity contribution is 7.87. The number of ether oxygens (including phenoxy) is 1. The number of halogens is 3. The topological polar surface area (TPSA) is 72.9 Å². The normalized spacial score (nSPS) is 21.0. The zero-order chi connectivity index (χ0) is 20.7. The lowest BCUT2D eigenvalue weighted by molar-refractivity contribution is -0.0523. The molecular weight excluding hydrogens is 387 g/mol. The summed E-state index contributed by atoms with van der Waals surface area (Å²) < 4.78 is 70.1. The fourth-order valence-electron chi connectivity index (χ4n) is 2.58. The van der Waals surface area contributed by atoms with E-state index in [0.717, 1.165) is 4.90 Å². The maximum absolute atomic E-state index is 12.6. The van der Waals surface area contributed by atoms with Crippen LogP contribution >= 0.6 is 0 Å². The molecule has 0 aromatic heterocycles. The molecule has 1 unspecified atom stereocenters. The van der Waals surface area contributed by atoms with Crippen LogP contribution in [-0.4, -0.2) is 37.1 Å². The maximum Gasteiger partial charge on any atom is 0.534 e. The summed E-state index contributed by atoms with van der Waals surface area (Å²) in [4.78, 5) is 13.7. The summed E-state index contributed by atoms with van der Waals surface area (Å²) >= 11 is 0. The highest BCUT2D eigenvalue weighted by atomic mass is 32.2. The van der Waals surface area contributed by atoms with Gasteiger partial charge in [0.05, 0.1) is 12.1 Å². The molecule has 0 spiro atoms. The van der Waals surface area contributed by atoms with E-state index in [4.69, 9.17) is 4.74 Å². The van der Waals surface area contributed by atoms with Crippen LogP contribution in [0.15, 0.2) is 42.2 Å². The highest BCUT2D eigenvalue weighted by Crippen LogP contribution is 2.39. The minimum Gasteiger partial charge on any atom is -0.444 e. The Labute approximate surface area is 155 Å². The van der Waals surface area contributed by atoms with Crippen LogP contribution < -0.4 is 0 Å². The van der Waals surface area contributed by atoms with Gasteiger partial charge in [-0.15, -0.1) is 0 Å². The van der Waals surface area contributed by atoms with Crippen molar-refractivity contribution < 1.29 is 35.3 Å². The first-order valence-corrected chi connectivity index (χ1v) is 9.35. The number of rotatable bonds is 3. The van der Waals surface area contributed by atoms with Crippen LogP contribution in [0.5, 0.6) is 0 Å². The van der Waals surface area contributed by atoms with Gasteiger partial charge in [0.1, 0.15) is 11.4 Å².